The molecule has 8 heteroatoms. The van der Waals surface area contributed by atoms with Crippen LogP contribution in [0.25, 0.3) is 0 Å². The quantitative estimate of drug-likeness (QED) is 0.640. The van der Waals surface area contributed by atoms with Crippen molar-refractivity contribution >= 4 is 11.7 Å². The number of aliphatic hydroxyl groups excluding tert-OH is 1. The van der Waals surface area contributed by atoms with Crippen molar-refractivity contribution in [3.8, 4) is 5.75 Å². The maximum Gasteiger partial charge on any atom is 0.272 e. The molecule has 8 nitrogen and oxygen atoms in total. The van der Waals surface area contributed by atoms with E-state index in [0.29, 0.717) is 30.7 Å². The first-order chi connectivity index (χ1) is 15.6. The summed E-state index contributed by atoms with van der Waals surface area (Å²) in [6, 6.07) is 10.2. The van der Waals surface area contributed by atoms with Crippen molar-refractivity contribution in [3.63, 3.8) is 0 Å². The molecule has 0 aliphatic carbocycles. The molecule has 0 radical (unpaired) electrons. The molecule has 0 unspecified atom stereocenters. The summed E-state index contributed by atoms with van der Waals surface area (Å²) in [6.45, 7) is 6.34. The number of rotatable bonds is 7. The van der Waals surface area contributed by atoms with E-state index in [1.807, 2.05) is 42.2 Å². The molecule has 32 heavy (non-hydrogen) atoms. The van der Waals surface area contributed by atoms with Gasteiger partial charge in [-0.15, -0.1) is 0 Å². The van der Waals surface area contributed by atoms with Crippen molar-refractivity contribution in [2.45, 2.75) is 44.8 Å². The number of nitrogens with zero attached hydrogens (tertiary/aromatic N) is 4. The highest BCUT2D eigenvalue weighted by Crippen LogP contribution is 2.23. The van der Waals surface area contributed by atoms with Gasteiger partial charge >= 0.3 is 0 Å². The van der Waals surface area contributed by atoms with E-state index < -0.39 is 0 Å². The van der Waals surface area contributed by atoms with Crippen LogP contribution in [0.1, 0.15) is 41.7 Å². The van der Waals surface area contributed by atoms with E-state index in [2.05, 4.69) is 20.2 Å². The number of hydrogen-bond acceptors (Lipinski definition) is 7. The van der Waals surface area contributed by atoms with Gasteiger partial charge in [0.2, 0.25) is 0 Å². The van der Waals surface area contributed by atoms with Gasteiger partial charge in [-0.25, -0.2) is 9.97 Å². The van der Waals surface area contributed by atoms with Crippen molar-refractivity contribution in [1.82, 2.24) is 19.8 Å². The van der Waals surface area contributed by atoms with Crippen LogP contribution in [0.3, 0.4) is 0 Å². The second kappa shape index (κ2) is 10.7. The SMILES string of the molecule is Cc1c(NCCOc2ccccc2)ncnc1C(=O)N1CCC(N2CCC(O)CC2)CC1. The van der Waals surface area contributed by atoms with Crippen LogP contribution in [0.4, 0.5) is 5.82 Å². The minimum atomic E-state index is -0.152. The zero-order valence-electron chi connectivity index (χ0n) is 18.7. The van der Waals surface area contributed by atoms with Gasteiger partial charge < -0.3 is 25.0 Å². The molecule has 0 atom stereocenters. The predicted molar refractivity (Wildman–Crippen MR) is 123 cm³/mol. The van der Waals surface area contributed by atoms with E-state index in [1.165, 1.54) is 6.33 Å². The highest BCUT2D eigenvalue weighted by Gasteiger charge is 2.30. The maximum absolute atomic E-state index is 13.2. The van der Waals surface area contributed by atoms with Crippen LogP contribution in [0, 0.1) is 6.92 Å². The Morgan fingerprint density at radius 2 is 1.81 bits per heavy atom. The number of hydrogen-bond donors (Lipinski definition) is 2. The number of carbonyl (C=O) groups is 1. The summed E-state index contributed by atoms with van der Waals surface area (Å²) >= 11 is 0. The standard InChI is InChI=1S/C24H33N5O3/c1-18-22(26-17-27-23(18)25-11-16-32-21-5-3-2-4-6-21)24(31)29-12-7-19(8-13-29)28-14-9-20(30)10-15-28/h2-6,17,19-20,30H,7-16H2,1H3,(H,25,26,27). The number of piperidine rings is 2. The molecule has 2 aliphatic rings. The molecule has 2 saturated heterocycles. The lowest BCUT2D eigenvalue weighted by atomic mass is 9.98. The second-order valence-electron chi connectivity index (χ2n) is 8.57. The van der Waals surface area contributed by atoms with Gasteiger partial charge in [0.25, 0.3) is 5.91 Å². The van der Waals surface area contributed by atoms with Crippen LogP contribution >= 0.6 is 0 Å². The van der Waals surface area contributed by atoms with Gasteiger partial charge in [-0.2, -0.15) is 0 Å². The number of benzene rings is 1. The number of nitrogens with one attached hydrogen (secondary N) is 1. The smallest absolute Gasteiger partial charge is 0.272 e. The molecular weight excluding hydrogens is 406 g/mol. The summed E-state index contributed by atoms with van der Waals surface area (Å²) in [4.78, 5) is 26.1. The van der Waals surface area contributed by atoms with E-state index in [9.17, 15) is 9.90 Å². The summed E-state index contributed by atoms with van der Waals surface area (Å²) in [7, 11) is 0. The van der Waals surface area contributed by atoms with Crippen molar-refractivity contribution in [2.75, 3.05) is 44.6 Å². The molecule has 0 saturated carbocycles. The maximum atomic E-state index is 13.2. The molecule has 2 aromatic rings. The average molecular weight is 440 g/mol. The summed E-state index contributed by atoms with van der Waals surface area (Å²) in [5.74, 6) is 1.47. The Bertz CT molecular complexity index is 878. The largest absolute Gasteiger partial charge is 0.492 e. The van der Waals surface area contributed by atoms with E-state index in [1.54, 1.807) is 0 Å². The number of carbonyl (C=O) groups excluding carboxylic acids is 1. The molecule has 1 aromatic carbocycles. The van der Waals surface area contributed by atoms with E-state index in [-0.39, 0.29) is 12.0 Å². The molecule has 2 aliphatic heterocycles. The molecule has 1 aromatic heterocycles. The number of anilines is 1. The predicted octanol–water partition coefficient (Wildman–Crippen LogP) is 2.34. The lowest BCUT2D eigenvalue weighted by Crippen LogP contribution is -2.49. The number of aliphatic hydroxyl groups is 1. The van der Waals surface area contributed by atoms with Crippen LogP contribution in [0.2, 0.25) is 0 Å². The number of para-hydroxylation sites is 1. The van der Waals surface area contributed by atoms with Gasteiger partial charge in [0.05, 0.1) is 12.6 Å². The average Bonchev–Trinajstić information content (AvgIpc) is 2.84. The monoisotopic (exact) mass is 439 g/mol. The van der Waals surface area contributed by atoms with Crippen molar-refractivity contribution < 1.29 is 14.6 Å². The van der Waals surface area contributed by atoms with Crippen molar-refractivity contribution in [1.29, 1.82) is 0 Å². The van der Waals surface area contributed by atoms with Gasteiger partial charge in [-0.05, 0) is 44.7 Å². The summed E-state index contributed by atoms with van der Waals surface area (Å²) in [5, 5.41) is 13.0. The number of amides is 1. The molecule has 2 N–H and O–H groups in total. The summed E-state index contributed by atoms with van der Waals surface area (Å²) in [6.07, 6.45) is 4.94. The molecule has 4 rings (SSSR count). The molecule has 172 valence electrons. The van der Waals surface area contributed by atoms with Crippen LogP contribution < -0.4 is 10.1 Å². The van der Waals surface area contributed by atoms with Crippen LogP contribution in [-0.4, -0.2) is 82.3 Å². The fraction of sp³-hybridized carbons (Fsp3) is 0.542. The molecule has 1 amide bonds. The highest BCUT2D eigenvalue weighted by atomic mass is 16.5. The lowest BCUT2D eigenvalue weighted by Gasteiger charge is -2.41. The van der Waals surface area contributed by atoms with Gasteiger partial charge in [0.15, 0.2) is 0 Å². The third-order valence-corrected chi connectivity index (χ3v) is 6.46. The number of ether oxygens (including phenoxy) is 1. The zero-order chi connectivity index (χ0) is 22.3. The molecule has 2 fully saturated rings. The third kappa shape index (κ3) is 5.55. The molecule has 3 heterocycles. The fourth-order valence-corrected chi connectivity index (χ4v) is 4.53. The van der Waals surface area contributed by atoms with Crippen LogP contribution in [0.15, 0.2) is 36.7 Å². The Morgan fingerprint density at radius 1 is 1.09 bits per heavy atom. The van der Waals surface area contributed by atoms with Crippen LogP contribution in [0.5, 0.6) is 5.75 Å². The van der Waals surface area contributed by atoms with Gasteiger partial charge in [0, 0.05) is 37.8 Å². The Balaban J connectivity index is 1.28. The number of likely N-dealkylation sites (tertiary alicyclic amines) is 2. The minimum absolute atomic E-state index is 0.0269. The molecule has 0 bridgehead atoms. The van der Waals surface area contributed by atoms with Crippen LogP contribution in [-0.2, 0) is 0 Å². The molecular formula is C24H33N5O3. The van der Waals surface area contributed by atoms with Crippen molar-refractivity contribution in [2.24, 2.45) is 0 Å². The first-order valence-electron chi connectivity index (χ1n) is 11.6. The molecule has 0 spiro atoms. The van der Waals surface area contributed by atoms with E-state index in [4.69, 9.17) is 4.74 Å². The first-order valence-corrected chi connectivity index (χ1v) is 11.6. The second-order valence-corrected chi connectivity index (χ2v) is 8.57. The minimum Gasteiger partial charge on any atom is -0.492 e. The summed E-state index contributed by atoms with van der Waals surface area (Å²) < 4.78 is 5.71. The van der Waals surface area contributed by atoms with E-state index >= 15 is 0 Å². The first kappa shape index (κ1) is 22.5. The Labute approximate surface area is 189 Å². The van der Waals surface area contributed by atoms with Crippen molar-refractivity contribution in [3.05, 3.63) is 47.9 Å². The van der Waals surface area contributed by atoms with E-state index in [0.717, 1.165) is 63.2 Å². The highest BCUT2D eigenvalue weighted by molar-refractivity contribution is 5.94. The third-order valence-electron chi connectivity index (χ3n) is 6.46. The number of aromatic nitrogens is 2. The van der Waals surface area contributed by atoms with Gasteiger partial charge in [-0.3, -0.25) is 4.79 Å². The Kier molecular flexibility index (Phi) is 7.55. The normalized spacial score (nSPS) is 18.5. The van der Waals surface area contributed by atoms with Gasteiger partial charge in [0.1, 0.15) is 30.2 Å². The Morgan fingerprint density at radius 3 is 2.53 bits per heavy atom. The van der Waals surface area contributed by atoms with Gasteiger partial charge in [-0.1, -0.05) is 18.2 Å². The summed E-state index contributed by atoms with van der Waals surface area (Å²) in [5.41, 5.74) is 1.23. The lowest BCUT2D eigenvalue weighted by molar-refractivity contribution is 0.0355. The Hall–Kier alpha value is -2.71. The fourth-order valence-electron chi connectivity index (χ4n) is 4.53. The zero-order valence-corrected chi connectivity index (χ0v) is 18.7. The topological polar surface area (TPSA) is 90.8 Å².